The molecule has 3 aromatic rings. The van der Waals surface area contributed by atoms with Crippen LogP contribution in [0.5, 0.6) is 0 Å². The molecule has 0 atom stereocenters. The molecule has 3 aromatic heterocycles. The molecule has 0 N–H and O–H groups in total. The van der Waals surface area contributed by atoms with Gasteiger partial charge in [-0.05, 0) is 48.2 Å². The van der Waals surface area contributed by atoms with E-state index in [0.29, 0.717) is 5.92 Å². The topological polar surface area (TPSA) is 87.2 Å². The molecule has 1 fully saturated rings. The van der Waals surface area contributed by atoms with Crippen molar-refractivity contribution >= 4 is 0 Å². The van der Waals surface area contributed by atoms with E-state index in [1.165, 1.54) is 12.8 Å². The minimum Gasteiger partial charge on any atom is -0.264 e. The van der Waals surface area contributed by atoms with E-state index in [0.717, 1.165) is 42.3 Å². The fourth-order valence-corrected chi connectivity index (χ4v) is 2.62. The van der Waals surface area contributed by atoms with E-state index in [9.17, 15) is 0 Å². The van der Waals surface area contributed by atoms with Crippen LogP contribution in [-0.4, -0.2) is 40.0 Å². The van der Waals surface area contributed by atoms with Gasteiger partial charge in [-0.15, -0.1) is 5.10 Å². The lowest BCUT2D eigenvalue weighted by molar-refractivity contribution is 0.548. The third-order valence-corrected chi connectivity index (χ3v) is 4.03. The smallest absolute Gasteiger partial charge is 0.154 e. The van der Waals surface area contributed by atoms with Crippen LogP contribution in [0.2, 0.25) is 0 Å². The molecular formula is C15H18N8. The molecule has 23 heavy (non-hydrogen) atoms. The van der Waals surface area contributed by atoms with E-state index >= 15 is 0 Å². The van der Waals surface area contributed by atoms with Crippen molar-refractivity contribution in [3.8, 4) is 5.69 Å². The molecule has 1 aliphatic carbocycles. The van der Waals surface area contributed by atoms with Crippen LogP contribution in [0.15, 0.2) is 24.8 Å². The van der Waals surface area contributed by atoms with Crippen LogP contribution in [0.3, 0.4) is 0 Å². The van der Waals surface area contributed by atoms with Crippen molar-refractivity contribution in [3.63, 3.8) is 0 Å². The first-order valence-electron chi connectivity index (χ1n) is 7.89. The van der Waals surface area contributed by atoms with Gasteiger partial charge in [0.05, 0.1) is 5.69 Å². The summed E-state index contributed by atoms with van der Waals surface area (Å²) in [6.45, 7) is 2.82. The molecule has 0 bridgehead atoms. The molecule has 0 amide bonds. The van der Waals surface area contributed by atoms with Crippen molar-refractivity contribution < 1.29 is 0 Å². The van der Waals surface area contributed by atoms with Crippen LogP contribution in [0.1, 0.15) is 42.4 Å². The van der Waals surface area contributed by atoms with E-state index in [1.807, 2.05) is 23.9 Å². The molecular weight excluding hydrogens is 292 g/mol. The maximum Gasteiger partial charge on any atom is 0.154 e. The summed E-state index contributed by atoms with van der Waals surface area (Å²) in [5.74, 6) is 2.50. The number of nitrogens with zero attached hydrogens (tertiary/aromatic N) is 8. The average Bonchev–Trinajstić information content (AvgIpc) is 3.12. The summed E-state index contributed by atoms with van der Waals surface area (Å²) >= 11 is 0. The summed E-state index contributed by atoms with van der Waals surface area (Å²) in [5.41, 5.74) is 2.15. The normalized spacial score (nSPS) is 14.3. The van der Waals surface area contributed by atoms with E-state index in [-0.39, 0.29) is 0 Å². The summed E-state index contributed by atoms with van der Waals surface area (Å²) in [4.78, 5) is 8.94. The van der Waals surface area contributed by atoms with Gasteiger partial charge < -0.3 is 0 Å². The lowest BCUT2D eigenvalue weighted by Crippen LogP contribution is -2.07. The SMILES string of the molecule is Cc1cnccc1-n1nc(C2CC2)nc1CCCn1cnnn1. The highest BCUT2D eigenvalue weighted by atomic mass is 15.5. The van der Waals surface area contributed by atoms with Crippen LogP contribution < -0.4 is 0 Å². The molecule has 0 unspecified atom stereocenters. The molecule has 0 aromatic carbocycles. The minimum absolute atomic E-state index is 0.539. The number of hydrogen-bond donors (Lipinski definition) is 0. The van der Waals surface area contributed by atoms with Gasteiger partial charge in [-0.1, -0.05) is 0 Å². The maximum absolute atomic E-state index is 4.78. The van der Waals surface area contributed by atoms with Crippen molar-refractivity contribution in [2.45, 2.75) is 45.1 Å². The summed E-state index contributed by atoms with van der Waals surface area (Å²) in [6, 6.07) is 1.99. The van der Waals surface area contributed by atoms with E-state index in [4.69, 9.17) is 10.1 Å². The molecule has 4 rings (SSSR count). The summed E-state index contributed by atoms with van der Waals surface area (Å²) < 4.78 is 3.71. The molecule has 1 aliphatic rings. The second-order valence-electron chi connectivity index (χ2n) is 5.91. The fraction of sp³-hybridized carbons (Fsp3) is 0.467. The van der Waals surface area contributed by atoms with E-state index < -0.39 is 0 Å². The average molecular weight is 310 g/mol. The lowest BCUT2D eigenvalue weighted by atomic mass is 10.2. The third-order valence-electron chi connectivity index (χ3n) is 4.03. The van der Waals surface area contributed by atoms with Crippen molar-refractivity contribution in [3.05, 3.63) is 42.0 Å². The standard InChI is InChI=1S/C15H18N8/c1-11-9-16-7-6-13(11)23-14(18-15(19-23)12-4-5-12)3-2-8-22-10-17-20-21-22/h6-7,9-10,12H,2-5,8H2,1H3. The minimum atomic E-state index is 0.539. The Balaban J connectivity index is 1.58. The Kier molecular flexibility index (Phi) is 3.57. The fourth-order valence-electron chi connectivity index (χ4n) is 2.62. The zero-order valence-electron chi connectivity index (χ0n) is 13.0. The largest absolute Gasteiger partial charge is 0.264 e. The monoisotopic (exact) mass is 310 g/mol. The van der Waals surface area contributed by atoms with Gasteiger partial charge in [-0.2, -0.15) is 5.10 Å². The summed E-state index contributed by atoms with van der Waals surface area (Å²) in [7, 11) is 0. The zero-order chi connectivity index (χ0) is 15.6. The molecule has 1 saturated carbocycles. The Morgan fingerprint density at radius 2 is 2.22 bits per heavy atom. The van der Waals surface area contributed by atoms with Gasteiger partial charge in [0.2, 0.25) is 0 Å². The van der Waals surface area contributed by atoms with Gasteiger partial charge in [-0.25, -0.2) is 14.3 Å². The molecule has 8 heteroatoms. The van der Waals surface area contributed by atoms with Crippen molar-refractivity contribution in [1.29, 1.82) is 0 Å². The quantitative estimate of drug-likeness (QED) is 0.685. The first-order valence-corrected chi connectivity index (χ1v) is 7.89. The van der Waals surface area contributed by atoms with Crippen molar-refractivity contribution in [2.75, 3.05) is 0 Å². The van der Waals surface area contributed by atoms with Gasteiger partial charge in [-0.3, -0.25) is 4.98 Å². The second kappa shape index (κ2) is 5.86. The first-order chi connectivity index (χ1) is 11.3. The number of hydrogen-bond acceptors (Lipinski definition) is 6. The van der Waals surface area contributed by atoms with E-state index in [1.54, 1.807) is 17.2 Å². The predicted octanol–water partition coefficient (Wildman–Crippen LogP) is 1.47. The Morgan fingerprint density at radius 1 is 1.30 bits per heavy atom. The highest BCUT2D eigenvalue weighted by Gasteiger charge is 2.29. The highest BCUT2D eigenvalue weighted by molar-refractivity contribution is 5.37. The third kappa shape index (κ3) is 2.96. The number of aromatic nitrogens is 8. The van der Waals surface area contributed by atoms with Gasteiger partial charge >= 0.3 is 0 Å². The lowest BCUT2D eigenvalue weighted by Gasteiger charge is -2.08. The van der Waals surface area contributed by atoms with E-state index in [2.05, 4.69) is 20.5 Å². The van der Waals surface area contributed by atoms with Crippen molar-refractivity contribution in [2.24, 2.45) is 0 Å². The Labute approximate surface area is 133 Å². The Bertz CT molecular complexity index is 788. The highest BCUT2D eigenvalue weighted by Crippen LogP contribution is 2.38. The summed E-state index contributed by atoms with van der Waals surface area (Å²) in [5, 5.41) is 15.9. The first kappa shape index (κ1) is 14.0. The van der Waals surface area contributed by atoms with Gasteiger partial charge in [0.1, 0.15) is 12.2 Å². The molecule has 0 radical (unpaired) electrons. The zero-order valence-corrected chi connectivity index (χ0v) is 13.0. The number of aryl methyl sites for hydroxylation is 3. The molecule has 0 spiro atoms. The van der Waals surface area contributed by atoms with Crippen LogP contribution in [0.25, 0.3) is 5.69 Å². The van der Waals surface area contributed by atoms with Crippen molar-refractivity contribution in [1.82, 2.24) is 40.0 Å². The number of tetrazole rings is 1. The van der Waals surface area contributed by atoms with Crippen LogP contribution in [0.4, 0.5) is 0 Å². The molecule has 0 aliphatic heterocycles. The Hall–Kier alpha value is -2.64. The number of pyridine rings is 1. The van der Waals surface area contributed by atoms with Crippen LogP contribution in [0, 0.1) is 6.92 Å². The van der Waals surface area contributed by atoms with Gasteiger partial charge in [0, 0.05) is 31.3 Å². The molecule has 8 nitrogen and oxygen atoms in total. The second-order valence-corrected chi connectivity index (χ2v) is 5.91. The van der Waals surface area contributed by atoms with Gasteiger partial charge in [0.25, 0.3) is 0 Å². The van der Waals surface area contributed by atoms with Crippen LogP contribution >= 0.6 is 0 Å². The predicted molar refractivity (Wildman–Crippen MR) is 82.0 cm³/mol. The molecule has 118 valence electrons. The van der Waals surface area contributed by atoms with Crippen LogP contribution in [-0.2, 0) is 13.0 Å². The van der Waals surface area contributed by atoms with Gasteiger partial charge in [0.15, 0.2) is 5.82 Å². The number of rotatable bonds is 6. The summed E-state index contributed by atoms with van der Waals surface area (Å²) in [6.07, 6.45) is 9.43. The molecule has 0 saturated heterocycles. The Morgan fingerprint density at radius 3 is 2.96 bits per heavy atom. The molecule has 3 heterocycles. The maximum atomic E-state index is 4.78.